The Hall–Kier alpha value is -2.16. The van der Waals surface area contributed by atoms with Crippen molar-refractivity contribution < 1.29 is 9.53 Å². The van der Waals surface area contributed by atoms with E-state index in [1.54, 1.807) is 35.6 Å². The lowest BCUT2D eigenvalue weighted by Crippen LogP contribution is -2.36. The summed E-state index contributed by atoms with van der Waals surface area (Å²) in [5.41, 5.74) is 1.17. The number of hydrogen-bond acceptors (Lipinski definition) is 4. The largest absolute Gasteiger partial charge is 0.376 e. The Labute approximate surface area is 139 Å². The number of rotatable bonds is 5. The van der Waals surface area contributed by atoms with Crippen LogP contribution < -0.4 is 0 Å². The van der Waals surface area contributed by atoms with Gasteiger partial charge in [0.05, 0.1) is 24.3 Å². The van der Waals surface area contributed by atoms with Crippen molar-refractivity contribution in [2.45, 2.75) is 25.5 Å². The van der Waals surface area contributed by atoms with Gasteiger partial charge in [-0.25, -0.2) is 0 Å². The van der Waals surface area contributed by atoms with Crippen LogP contribution >= 0.6 is 11.3 Å². The molecule has 0 N–H and O–H groups in total. The van der Waals surface area contributed by atoms with Gasteiger partial charge in [-0.3, -0.25) is 4.79 Å². The number of hydrogen-bond donors (Lipinski definition) is 0. The molecule has 4 nitrogen and oxygen atoms in total. The molecule has 2 aromatic rings. The highest BCUT2D eigenvalue weighted by atomic mass is 32.1. The van der Waals surface area contributed by atoms with Crippen molar-refractivity contribution in [1.82, 2.24) is 4.90 Å². The zero-order valence-electron chi connectivity index (χ0n) is 12.8. The fourth-order valence-corrected chi connectivity index (χ4v) is 3.43. The maximum Gasteiger partial charge on any atom is 0.254 e. The Kier molecular flexibility index (Phi) is 5.06. The molecule has 2 heterocycles. The molecule has 0 bridgehead atoms. The summed E-state index contributed by atoms with van der Waals surface area (Å²) in [5.74, 6) is -0.0154. The summed E-state index contributed by atoms with van der Waals surface area (Å²) in [6.07, 6.45) is 2.18. The molecule has 1 atom stereocenters. The van der Waals surface area contributed by atoms with Crippen LogP contribution in [0.5, 0.6) is 0 Å². The van der Waals surface area contributed by atoms with E-state index in [4.69, 9.17) is 10.00 Å². The van der Waals surface area contributed by atoms with E-state index in [0.717, 1.165) is 24.3 Å². The highest BCUT2D eigenvalue weighted by Gasteiger charge is 2.23. The van der Waals surface area contributed by atoms with Crippen molar-refractivity contribution in [2.75, 3.05) is 13.2 Å². The fraction of sp³-hybridized carbons (Fsp3) is 0.333. The number of amides is 1. The minimum Gasteiger partial charge on any atom is -0.376 e. The fourth-order valence-electron chi connectivity index (χ4n) is 2.71. The molecular weight excluding hydrogens is 308 g/mol. The van der Waals surface area contributed by atoms with E-state index in [9.17, 15) is 4.79 Å². The summed E-state index contributed by atoms with van der Waals surface area (Å²) < 4.78 is 5.69. The molecule has 0 aliphatic carbocycles. The monoisotopic (exact) mass is 326 g/mol. The first kappa shape index (κ1) is 15.7. The van der Waals surface area contributed by atoms with Gasteiger partial charge in [-0.05, 0) is 48.6 Å². The molecule has 0 saturated carbocycles. The van der Waals surface area contributed by atoms with Gasteiger partial charge in [-0.2, -0.15) is 5.26 Å². The van der Waals surface area contributed by atoms with Crippen molar-refractivity contribution >= 4 is 17.2 Å². The molecule has 1 saturated heterocycles. The van der Waals surface area contributed by atoms with Crippen LogP contribution in [-0.2, 0) is 11.3 Å². The second-order valence-electron chi connectivity index (χ2n) is 5.59. The van der Waals surface area contributed by atoms with E-state index in [1.807, 2.05) is 22.4 Å². The Bertz CT molecular complexity index is 683. The van der Waals surface area contributed by atoms with Crippen LogP contribution in [0, 0.1) is 11.3 Å². The van der Waals surface area contributed by atoms with E-state index in [0.29, 0.717) is 24.2 Å². The summed E-state index contributed by atoms with van der Waals surface area (Å²) in [5, 5.41) is 10.9. The molecule has 1 aliphatic rings. The predicted octanol–water partition coefficient (Wildman–Crippen LogP) is 3.44. The van der Waals surface area contributed by atoms with E-state index >= 15 is 0 Å². The van der Waals surface area contributed by atoms with Crippen molar-refractivity contribution in [3.8, 4) is 6.07 Å². The molecule has 3 rings (SSSR count). The van der Waals surface area contributed by atoms with E-state index in [2.05, 4.69) is 6.07 Å². The number of carbonyl (C=O) groups excluding carboxylic acids is 1. The molecule has 1 amide bonds. The third-order valence-electron chi connectivity index (χ3n) is 3.92. The maximum atomic E-state index is 12.9. The Morgan fingerprint density at radius 2 is 2.17 bits per heavy atom. The second kappa shape index (κ2) is 7.40. The Morgan fingerprint density at radius 1 is 1.35 bits per heavy atom. The molecular formula is C18H18N2O2S. The summed E-state index contributed by atoms with van der Waals surface area (Å²) in [7, 11) is 0. The van der Waals surface area contributed by atoms with Gasteiger partial charge in [-0.15, -0.1) is 11.3 Å². The van der Waals surface area contributed by atoms with Crippen molar-refractivity contribution in [3.63, 3.8) is 0 Å². The minimum absolute atomic E-state index is 0.0154. The molecule has 5 heteroatoms. The Morgan fingerprint density at radius 3 is 2.78 bits per heavy atom. The van der Waals surface area contributed by atoms with Gasteiger partial charge >= 0.3 is 0 Å². The normalized spacial score (nSPS) is 16.9. The first-order chi connectivity index (χ1) is 11.3. The molecule has 118 valence electrons. The average Bonchev–Trinajstić information content (AvgIpc) is 3.27. The standard InChI is InChI=1S/C18H18N2O2S/c19-11-14-5-7-15(8-6-14)18(21)20(12-16-3-1-9-22-16)13-17-4-2-10-23-17/h2,4-8,10,16H,1,3,9,12-13H2. The van der Waals surface area contributed by atoms with Crippen LogP contribution in [0.2, 0.25) is 0 Å². The number of nitrogens with zero attached hydrogens (tertiary/aromatic N) is 2. The van der Waals surface area contributed by atoms with E-state index in [1.165, 1.54) is 0 Å². The molecule has 1 fully saturated rings. The first-order valence-corrected chi connectivity index (χ1v) is 8.57. The quantitative estimate of drug-likeness (QED) is 0.846. The number of ether oxygens (including phenoxy) is 1. The van der Waals surface area contributed by atoms with Gasteiger partial charge < -0.3 is 9.64 Å². The number of thiophene rings is 1. The SMILES string of the molecule is N#Cc1ccc(C(=O)N(Cc2cccs2)CC2CCCO2)cc1. The molecule has 1 aliphatic heterocycles. The summed E-state index contributed by atoms with van der Waals surface area (Å²) in [6, 6.07) is 12.9. The lowest BCUT2D eigenvalue weighted by Gasteiger charge is -2.25. The highest BCUT2D eigenvalue weighted by molar-refractivity contribution is 7.09. The average molecular weight is 326 g/mol. The summed E-state index contributed by atoms with van der Waals surface area (Å²) in [4.78, 5) is 15.9. The maximum absolute atomic E-state index is 12.9. The van der Waals surface area contributed by atoms with Gasteiger partial charge in [0.15, 0.2) is 0 Å². The van der Waals surface area contributed by atoms with Crippen LogP contribution in [0.1, 0.15) is 33.6 Å². The van der Waals surface area contributed by atoms with E-state index < -0.39 is 0 Å². The first-order valence-electron chi connectivity index (χ1n) is 7.69. The van der Waals surface area contributed by atoms with Crippen LogP contribution in [0.15, 0.2) is 41.8 Å². The van der Waals surface area contributed by atoms with Gasteiger partial charge in [0.1, 0.15) is 0 Å². The molecule has 1 unspecified atom stereocenters. The molecule has 0 radical (unpaired) electrons. The molecule has 1 aromatic carbocycles. The molecule has 23 heavy (non-hydrogen) atoms. The molecule has 0 spiro atoms. The van der Waals surface area contributed by atoms with E-state index in [-0.39, 0.29) is 12.0 Å². The smallest absolute Gasteiger partial charge is 0.254 e. The summed E-state index contributed by atoms with van der Waals surface area (Å²) >= 11 is 1.65. The lowest BCUT2D eigenvalue weighted by atomic mass is 10.1. The predicted molar refractivity (Wildman–Crippen MR) is 89.2 cm³/mol. The Balaban J connectivity index is 1.77. The van der Waals surface area contributed by atoms with Crippen LogP contribution in [0.4, 0.5) is 0 Å². The molecule has 1 aromatic heterocycles. The third kappa shape index (κ3) is 3.98. The minimum atomic E-state index is -0.0154. The lowest BCUT2D eigenvalue weighted by molar-refractivity contribution is 0.0509. The van der Waals surface area contributed by atoms with Crippen molar-refractivity contribution in [3.05, 3.63) is 57.8 Å². The van der Waals surface area contributed by atoms with Gasteiger partial charge in [0, 0.05) is 23.6 Å². The van der Waals surface area contributed by atoms with Crippen molar-refractivity contribution in [1.29, 1.82) is 5.26 Å². The van der Waals surface area contributed by atoms with Gasteiger partial charge in [0.2, 0.25) is 0 Å². The van der Waals surface area contributed by atoms with Crippen LogP contribution in [-0.4, -0.2) is 30.1 Å². The topological polar surface area (TPSA) is 53.3 Å². The third-order valence-corrected chi connectivity index (χ3v) is 4.78. The summed E-state index contributed by atoms with van der Waals surface area (Å²) in [6.45, 7) is 1.98. The van der Waals surface area contributed by atoms with Gasteiger partial charge in [0.25, 0.3) is 5.91 Å². The zero-order valence-corrected chi connectivity index (χ0v) is 13.6. The van der Waals surface area contributed by atoms with Crippen LogP contribution in [0.25, 0.3) is 0 Å². The van der Waals surface area contributed by atoms with Crippen LogP contribution in [0.3, 0.4) is 0 Å². The van der Waals surface area contributed by atoms with Gasteiger partial charge in [-0.1, -0.05) is 6.07 Å². The number of carbonyl (C=O) groups is 1. The van der Waals surface area contributed by atoms with Crippen molar-refractivity contribution in [2.24, 2.45) is 0 Å². The number of nitriles is 1. The highest BCUT2D eigenvalue weighted by Crippen LogP contribution is 2.19. The number of benzene rings is 1. The second-order valence-corrected chi connectivity index (χ2v) is 6.62. The zero-order chi connectivity index (χ0) is 16.1.